The topological polar surface area (TPSA) is 142 Å². The van der Waals surface area contributed by atoms with Gasteiger partial charge >= 0.3 is 0 Å². The second kappa shape index (κ2) is 9.28. The zero-order valence-electron chi connectivity index (χ0n) is 17.9. The van der Waals surface area contributed by atoms with Gasteiger partial charge in [-0.3, -0.25) is 4.79 Å². The van der Waals surface area contributed by atoms with Gasteiger partial charge in [-0.25, -0.2) is 13.4 Å². The lowest BCUT2D eigenvalue weighted by Gasteiger charge is -2.39. The third-order valence-corrected chi connectivity index (χ3v) is 7.47. The third kappa shape index (κ3) is 4.70. The summed E-state index contributed by atoms with van der Waals surface area (Å²) in [5, 5.41) is 15.4. The van der Waals surface area contributed by atoms with Crippen LogP contribution in [0.5, 0.6) is 0 Å². The summed E-state index contributed by atoms with van der Waals surface area (Å²) in [6.45, 7) is 8.13. The Hall–Kier alpha value is -2.57. The highest BCUT2D eigenvalue weighted by molar-refractivity contribution is 7.89. The van der Waals surface area contributed by atoms with E-state index in [4.69, 9.17) is 14.6 Å². The monoisotopic (exact) mass is 452 g/mol. The van der Waals surface area contributed by atoms with Crippen molar-refractivity contribution in [2.24, 2.45) is 0 Å². The summed E-state index contributed by atoms with van der Waals surface area (Å²) in [5.74, 6) is 1.52. The van der Waals surface area contributed by atoms with Crippen molar-refractivity contribution in [1.82, 2.24) is 24.5 Å². The number of H-pyrrole nitrogens is 1. The van der Waals surface area contributed by atoms with Crippen molar-refractivity contribution in [3.05, 3.63) is 29.3 Å². The fourth-order valence-corrected chi connectivity index (χ4v) is 5.33. The molecule has 1 spiro atoms. The molecular formula is C19H28N6O5S. The summed E-state index contributed by atoms with van der Waals surface area (Å²) < 4.78 is 33.8. The van der Waals surface area contributed by atoms with Crippen molar-refractivity contribution in [3.63, 3.8) is 0 Å². The van der Waals surface area contributed by atoms with Crippen molar-refractivity contribution in [1.29, 1.82) is 0 Å². The first-order chi connectivity index (χ1) is 14.8. The molecule has 31 heavy (non-hydrogen) atoms. The normalized spacial score (nSPS) is 21.7. The van der Waals surface area contributed by atoms with Gasteiger partial charge in [0.2, 0.25) is 0 Å². The molecule has 1 unspecified atom stereocenters. The van der Waals surface area contributed by atoms with Crippen molar-refractivity contribution in [2.45, 2.75) is 44.2 Å². The molecule has 12 heteroatoms. The summed E-state index contributed by atoms with van der Waals surface area (Å²) in [6, 6.07) is 0. The standard InChI is InChI=1S/C18H26N6O3S.CH2O2/c1-4-15-19-10-16(21-15)28(25,26)24-7-8-27-18(12-24)5-6-23(11-18)17-14(3)13(2)9-20-22-17;2-1-3/h9-10H,4-8,11-12H2,1-3H3,(H,19,21);1H,(H,2,3). The van der Waals surface area contributed by atoms with Crippen LogP contribution in [0.3, 0.4) is 0 Å². The van der Waals surface area contributed by atoms with Crippen LogP contribution < -0.4 is 4.90 Å². The Morgan fingerprint density at radius 3 is 2.71 bits per heavy atom. The zero-order chi connectivity index (χ0) is 22.6. The SMILES string of the molecule is CCc1ncc(S(=O)(=O)N2CCOC3(CCN(c4nncc(C)c4C)C3)C2)[nH]1.O=CO. The fraction of sp³-hybridized carbons (Fsp3) is 0.579. The summed E-state index contributed by atoms with van der Waals surface area (Å²) >= 11 is 0. The molecule has 1 atom stereocenters. The summed E-state index contributed by atoms with van der Waals surface area (Å²) in [7, 11) is -3.62. The van der Waals surface area contributed by atoms with Crippen LogP contribution in [0.1, 0.15) is 30.3 Å². The van der Waals surface area contributed by atoms with Crippen molar-refractivity contribution < 1.29 is 23.1 Å². The predicted octanol–water partition coefficient (Wildman–Crippen LogP) is 0.750. The number of nitrogens with one attached hydrogen (secondary N) is 1. The minimum atomic E-state index is -3.62. The number of aryl methyl sites for hydroxylation is 2. The highest BCUT2D eigenvalue weighted by Gasteiger charge is 2.46. The second-order valence-corrected chi connectivity index (χ2v) is 9.58. The van der Waals surface area contributed by atoms with Crippen LogP contribution in [0.4, 0.5) is 5.82 Å². The zero-order valence-corrected chi connectivity index (χ0v) is 18.7. The number of hydrogen-bond donors (Lipinski definition) is 2. The second-order valence-electron chi connectivity index (χ2n) is 7.67. The lowest BCUT2D eigenvalue weighted by molar-refractivity contribution is -0.122. The van der Waals surface area contributed by atoms with Gasteiger partial charge in [-0.15, -0.1) is 5.10 Å². The van der Waals surface area contributed by atoms with Crippen LogP contribution in [-0.4, -0.2) is 82.9 Å². The summed E-state index contributed by atoms with van der Waals surface area (Å²) in [6.07, 6.45) is 4.57. The fourth-order valence-electron chi connectivity index (χ4n) is 3.90. The molecule has 0 bridgehead atoms. The number of aromatic amines is 1. The average molecular weight is 453 g/mol. The molecule has 4 rings (SSSR count). The van der Waals surface area contributed by atoms with E-state index in [1.54, 1.807) is 6.20 Å². The van der Waals surface area contributed by atoms with Crippen LogP contribution in [0.2, 0.25) is 0 Å². The van der Waals surface area contributed by atoms with Crippen LogP contribution in [0.15, 0.2) is 17.4 Å². The molecule has 11 nitrogen and oxygen atoms in total. The molecular weight excluding hydrogens is 424 g/mol. The van der Waals surface area contributed by atoms with Crippen LogP contribution in [-0.2, 0) is 26.0 Å². The summed E-state index contributed by atoms with van der Waals surface area (Å²) in [4.78, 5) is 17.6. The lowest BCUT2D eigenvalue weighted by Crippen LogP contribution is -2.55. The maximum absolute atomic E-state index is 13.1. The molecule has 4 heterocycles. The highest BCUT2D eigenvalue weighted by atomic mass is 32.2. The van der Waals surface area contributed by atoms with Crippen molar-refractivity contribution >= 4 is 22.3 Å². The van der Waals surface area contributed by atoms with Crippen molar-refractivity contribution in [2.75, 3.05) is 37.7 Å². The van der Waals surface area contributed by atoms with Gasteiger partial charge in [0.05, 0.1) is 19.0 Å². The van der Waals surface area contributed by atoms with E-state index in [-0.39, 0.29) is 11.5 Å². The molecule has 0 saturated carbocycles. The molecule has 0 amide bonds. The Labute approximate surface area is 181 Å². The van der Waals surface area contributed by atoms with Gasteiger partial charge in [0.25, 0.3) is 16.5 Å². The Balaban J connectivity index is 0.000000858. The number of carbonyl (C=O) groups is 1. The molecule has 0 aromatic carbocycles. The molecule has 2 aromatic rings. The average Bonchev–Trinajstić information content (AvgIpc) is 3.39. The molecule has 2 fully saturated rings. The minimum absolute atomic E-state index is 0.150. The first-order valence-corrected chi connectivity index (χ1v) is 11.5. The minimum Gasteiger partial charge on any atom is -0.483 e. The summed E-state index contributed by atoms with van der Waals surface area (Å²) in [5.41, 5.74) is 1.65. The van der Waals surface area contributed by atoms with E-state index < -0.39 is 15.6 Å². The number of aromatic nitrogens is 4. The Bertz CT molecular complexity index is 1030. The van der Waals surface area contributed by atoms with E-state index >= 15 is 0 Å². The quantitative estimate of drug-likeness (QED) is 0.643. The first kappa shape index (κ1) is 23.1. The van der Waals surface area contributed by atoms with E-state index in [0.29, 0.717) is 38.5 Å². The number of nitrogens with zero attached hydrogens (tertiary/aromatic N) is 5. The molecule has 0 radical (unpaired) electrons. The number of carboxylic acid groups (broad SMARTS) is 1. The van der Waals surface area contributed by atoms with E-state index in [2.05, 4.69) is 25.1 Å². The molecule has 2 N–H and O–H groups in total. The molecule has 2 aliphatic heterocycles. The first-order valence-electron chi connectivity index (χ1n) is 10.1. The number of sulfonamides is 1. The maximum atomic E-state index is 13.1. The number of rotatable bonds is 4. The molecule has 2 saturated heterocycles. The molecule has 2 aliphatic rings. The lowest BCUT2D eigenvalue weighted by atomic mass is 10.0. The number of hydrogen-bond acceptors (Lipinski definition) is 8. The van der Waals surface area contributed by atoms with Crippen LogP contribution in [0, 0.1) is 13.8 Å². The Morgan fingerprint density at radius 2 is 2.03 bits per heavy atom. The molecule has 0 aliphatic carbocycles. The largest absolute Gasteiger partial charge is 0.483 e. The predicted molar refractivity (Wildman–Crippen MR) is 112 cm³/mol. The van der Waals surface area contributed by atoms with Gasteiger partial charge in [0.1, 0.15) is 11.4 Å². The smallest absolute Gasteiger partial charge is 0.290 e. The van der Waals surface area contributed by atoms with Gasteiger partial charge in [0, 0.05) is 32.6 Å². The number of morpholine rings is 1. The third-order valence-electron chi connectivity index (χ3n) is 5.72. The van der Waals surface area contributed by atoms with E-state index in [1.165, 1.54) is 10.5 Å². The number of imidazole rings is 1. The Kier molecular flexibility index (Phi) is 6.92. The Morgan fingerprint density at radius 1 is 1.29 bits per heavy atom. The molecule has 170 valence electrons. The van der Waals surface area contributed by atoms with E-state index in [9.17, 15) is 8.42 Å². The van der Waals surface area contributed by atoms with Crippen molar-refractivity contribution in [3.8, 4) is 0 Å². The molecule has 2 aromatic heterocycles. The maximum Gasteiger partial charge on any atom is 0.290 e. The van der Waals surface area contributed by atoms with Gasteiger partial charge in [-0.05, 0) is 31.4 Å². The van der Waals surface area contributed by atoms with Gasteiger partial charge in [0.15, 0.2) is 10.8 Å². The van der Waals surface area contributed by atoms with Crippen LogP contribution in [0.25, 0.3) is 0 Å². The van der Waals surface area contributed by atoms with E-state index in [1.807, 2.05) is 20.8 Å². The van der Waals surface area contributed by atoms with Gasteiger partial charge < -0.3 is 19.7 Å². The van der Waals surface area contributed by atoms with Crippen LogP contribution >= 0.6 is 0 Å². The number of anilines is 1. The van der Waals surface area contributed by atoms with Gasteiger partial charge in [-0.1, -0.05) is 6.92 Å². The highest BCUT2D eigenvalue weighted by Crippen LogP contribution is 2.34. The number of ether oxygens (including phenoxy) is 1. The van der Waals surface area contributed by atoms with Gasteiger partial charge in [-0.2, -0.15) is 9.40 Å². The van der Waals surface area contributed by atoms with E-state index in [0.717, 1.165) is 29.9 Å².